The van der Waals surface area contributed by atoms with E-state index >= 15 is 0 Å². The van der Waals surface area contributed by atoms with Gasteiger partial charge in [0.1, 0.15) is 0 Å². The van der Waals surface area contributed by atoms with Gasteiger partial charge in [0.2, 0.25) is 0 Å². The Hall–Kier alpha value is -0.820. The van der Waals surface area contributed by atoms with Gasteiger partial charge in [-0.1, -0.05) is 43.2 Å². The summed E-state index contributed by atoms with van der Waals surface area (Å²) < 4.78 is 0. The molecule has 0 aliphatic heterocycles. The highest BCUT2D eigenvalue weighted by molar-refractivity contribution is 5.19. The quantitative estimate of drug-likeness (QED) is 0.735. The van der Waals surface area contributed by atoms with Crippen molar-refractivity contribution in [2.24, 2.45) is 11.7 Å². The number of rotatable bonds is 2. The van der Waals surface area contributed by atoms with Crippen LogP contribution in [0.4, 0.5) is 0 Å². The Morgan fingerprint density at radius 3 is 2.31 bits per heavy atom. The molecule has 1 nitrogen and oxygen atoms in total. The van der Waals surface area contributed by atoms with E-state index in [-0.39, 0.29) is 6.04 Å². The van der Waals surface area contributed by atoms with E-state index in [0.29, 0.717) is 0 Å². The number of hydrogen-bond acceptors (Lipinski definition) is 1. The molecule has 0 bridgehead atoms. The van der Waals surface area contributed by atoms with Crippen molar-refractivity contribution in [2.45, 2.75) is 31.7 Å². The highest BCUT2D eigenvalue weighted by Crippen LogP contribution is 2.33. The van der Waals surface area contributed by atoms with Gasteiger partial charge in [-0.25, -0.2) is 0 Å². The summed E-state index contributed by atoms with van der Waals surface area (Å²) in [6.45, 7) is 0. The fourth-order valence-electron chi connectivity index (χ4n) is 2.26. The van der Waals surface area contributed by atoms with Gasteiger partial charge in [-0.2, -0.15) is 0 Å². The molecule has 0 radical (unpaired) electrons. The van der Waals surface area contributed by atoms with Gasteiger partial charge in [0, 0.05) is 6.04 Å². The predicted octanol–water partition coefficient (Wildman–Crippen LogP) is 2.88. The maximum Gasteiger partial charge on any atom is 0.0323 e. The van der Waals surface area contributed by atoms with Crippen molar-refractivity contribution in [1.29, 1.82) is 0 Å². The third kappa shape index (κ3) is 1.92. The predicted molar refractivity (Wildman–Crippen MR) is 55.3 cm³/mol. The summed E-state index contributed by atoms with van der Waals surface area (Å²) in [6, 6.07) is 10.7. The zero-order chi connectivity index (χ0) is 9.10. The molecule has 1 fully saturated rings. The van der Waals surface area contributed by atoms with Gasteiger partial charge >= 0.3 is 0 Å². The maximum atomic E-state index is 6.20. The molecule has 0 spiro atoms. The highest BCUT2D eigenvalue weighted by atomic mass is 14.7. The second-order valence-corrected chi connectivity index (χ2v) is 3.98. The van der Waals surface area contributed by atoms with Crippen LogP contribution in [-0.4, -0.2) is 0 Å². The summed E-state index contributed by atoms with van der Waals surface area (Å²) in [5.74, 6) is 0.724. The second kappa shape index (κ2) is 3.93. The van der Waals surface area contributed by atoms with E-state index in [4.69, 9.17) is 5.73 Å². The summed E-state index contributed by atoms with van der Waals surface area (Å²) >= 11 is 0. The van der Waals surface area contributed by atoms with Crippen LogP contribution < -0.4 is 5.73 Å². The van der Waals surface area contributed by atoms with Crippen molar-refractivity contribution < 1.29 is 0 Å². The molecule has 0 heterocycles. The van der Waals surface area contributed by atoms with Crippen molar-refractivity contribution in [2.75, 3.05) is 0 Å². The Labute approximate surface area is 80.0 Å². The van der Waals surface area contributed by atoms with Crippen molar-refractivity contribution in [1.82, 2.24) is 0 Å². The third-order valence-corrected chi connectivity index (χ3v) is 3.09. The van der Waals surface area contributed by atoms with Crippen LogP contribution in [0, 0.1) is 5.92 Å². The van der Waals surface area contributed by atoms with E-state index in [1.165, 1.54) is 31.2 Å². The van der Waals surface area contributed by atoms with E-state index in [9.17, 15) is 0 Å². The van der Waals surface area contributed by atoms with Crippen LogP contribution in [0.5, 0.6) is 0 Å². The minimum absolute atomic E-state index is 0.267. The molecule has 13 heavy (non-hydrogen) atoms. The summed E-state index contributed by atoms with van der Waals surface area (Å²) in [5, 5.41) is 0. The molecule has 1 aliphatic rings. The molecule has 0 unspecified atom stereocenters. The maximum absolute atomic E-state index is 6.20. The third-order valence-electron chi connectivity index (χ3n) is 3.09. The monoisotopic (exact) mass is 175 g/mol. The molecule has 2 rings (SSSR count). The van der Waals surface area contributed by atoms with Gasteiger partial charge < -0.3 is 5.73 Å². The van der Waals surface area contributed by atoms with Gasteiger partial charge in [-0.3, -0.25) is 0 Å². The van der Waals surface area contributed by atoms with Crippen LogP contribution in [0.3, 0.4) is 0 Å². The van der Waals surface area contributed by atoms with Gasteiger partial charge in [-0.05, 0) is 24.3 Å². The Balaban J connectivity index is 2.08. The summed E-state index contributed by atoms with van der Waals surface area (Å²) in [5.41, 5.74) is 7.50. The molecule has 1 atom stereocenters. The smallest absolute Gasteiger partial charge is 0.0323 e. The van der Waals surface area contributed by atoms with Gasteiger partial charge in [-0.15, -0.1) is 0 Å². The lowest BCUT2D eigenvalue weighted by atomic mass is 9.93. The number of benzene rings is 1. The molecule has 0 aromatic heterocycles. The topological polar surface area (TPSA) is 26.0 Å². The number of nitrogens with two attached hydrogens (primary N) is 1. The first-order valence-electron chi connectivity index (χ1n) is 5.18. The molecule has 1 heteroatoms. The lowest BCUT2D eigenvalue weighted by molar-refractivity contribution is 0.445. The first kappa shape index (κ1) is 8.76. The average molecular weight is 175 g/mol. The standard InChI is InChI=1S/C12H17N/c13-12(11-8-4-5-9-11)10-6-2-1-3-7-10/h1-3,6-7,11-12H,4-5,8-9,13H2/t12-/m1/s1. The molecule has 0 saturated heterocycles. The fourth-order valence-corrected chi connectivity index (χ4v) is 2.26. The summed E-state index contributed by atoms with van der Waals surface area (Å²) in [4.78, 5) is 0. The highest BCUT2D eigenvalue weighted by Gasteiger charge is 2.22. The molecule has 2 N–H and O–H groups in total. The first-order valence-corrected chi connectivity index (χ1v) is 5.18. The van der Waals surface area contributed by atoms with Crippen molar-refractivity contribution in [3.05, 3.63) is 35.9 Å². The Morgan fingerprint density at radius 1 is 1.08 bits per heavy atom. The van der Waals surface area contributed by atoms with Crippen LogP contribution in [-0.2, 0) is 0 Å². The van der Waals surface area contributed by atoms with Crippen LogP contribution in [0.1, 0.15) is 37.3 Å². The second-order valence-electron chi connectivity index (χ2n) is 3.98. The van der Waals surface area contributed by atoms with Crippen LogP contribution in [0.15, 0.2) is 30.3 Å². The summed E-state index contributed by atoms with van der Waals surface area (Å²) in [6.07, 6.45) is 5.36. The first-order chi connectivity index (χ1) is 6.38. The van der Waals surface area contributed by atoms with Gasteiger partial charge in [0.25, 0.3) is 0 Å². The van der Waals surface area contributed by atoms with Crippen LogP contribution >= 0.6 is 0 Å². The molecular formula is C12H17N. The minimum Gasteiger partial charge on any atom is -0.324 e. The molecule has 1 aromatic rings. The molecule has 70 valence electrons. The van der Waals surface area contributed by atoms with Gasteiger partial charge in [0.15, 0.2) is 0 Å². The normalized spacial score (nSPS) is 20.4. The molecule has 1 aliphatic carbocycles. The zero-order valence-electron chi connectivity index (χ0n) is 7.95. The minimum atomic E-state index is 0.267. The Kier molecular flexibility index (Phi) is 2.65. The molecule has 0 amide bonds. The lowest BCUT2D eigenvalue weighted by Gasteiger charge is -2.18. The van der Waals surface area contributed by atoms with E-state index in [0.717, 1.165) is 5.92 Å². The van der Waals surface area contributed by atoms with Crippen molar-refractivity contribution in [3.63, 3.8) is 0 Å². The van der Waals surface area contributed by atoms with Crippen molar-refractivity contribution in [3.8, 4) is 0 Å². The fraction of sp³-hybridized carbons (Fsp3) is 0.500. The molecule has 1 aromatic carbocycles. The van der Waals surface area contributed by atoms with Crippen LogP contribution in [0.2, 0.25) is 0 Å². The molecular weight excluding hydrogens is 158 g/mol. The van der Waals surface area contributed by atoms with E-state index in [2.05, 4.69) is 24.3 Å². The van der Waals surface area contributed by atoms with E-state index < -0.39 is 0 Å². The zero-order valence-corrected chi connectivity index (χ0v) is 7.95. The summed E-state index contributed by atoms with van der Waals surface area (Å²) in [7, 11) is 0. The SMILES string of the molecule is N[C@H](c1ccccc1)C1CCCC1. The molecule has 1 saturated carbocycles. The van der Waals surface area contributed by atoms with Crippen molar-refractivity contribution >= 4 is 0 Å². The average Bonchev–Trinajstić information content (AvgIpc) is 2.71. The Bertz CT molecular complexity index is 249. The largest absolute Gasteiger partial charge is 0.324 e. The van der Waals surface area contributed by atoms with E-state index in [1.807, 2.05) is 6.07 Å². The van der Waals surface area contributed by atoms with Gasteiger partial charge in [0.05, 0.1) is 0 Å². The Morgan fingerprint density at radius 2 is 1.69 bits per heavy atom. The number of hydrogen-bond donors (Lipinski definition) is 1. The van der Waals surface area contributed by atoms with Crippen LogP contribution in [0.25, 0.3) is 0 Å². The van der Waals surface area contributed by atoms with E-state index in [1.54, 1.807) is 0 Å². The lowest BCUT2D eigenvalue weighted by Crippen LogP contribution is -2.18.